The molecule has 0 aromatic carbocycles. The van der Waals surface area contributed by atoms with E-state index in [2.05, 4.69) is 15.6 Å². The molecule has 0 aliphatic carbocycles. The average Bonchev–Trinajstić information content (AvgIpc) is 2.34. The first kappa shape index (κ1) is 17.1. The third-order valence-corrected chi connectivity index (χ3v) is 2.54. The van der Waals surface area contributed by atoms with Gasteiger partial charge >= 0.3 is 6.18 Å². The lowest BCUT2D eigenvalue weighted by atomic mass is 10.2. The number of carbonyl (C=O) groups is 1. The summed E-state index contributed by atoms with van der Waals surface area (Å²) in [5, 5.41) is 5.38. The van der Waals surface area contributed by atoms with E-state index in [4.69, 9.17) is 5.73 Å². The van der Waals surface area contributed by atoms with Crippen LogP contribution in [-0.2, 0) is 11.0 Å². The van der Waals surface area contributed by atoms with E-state index in [1.165, 1.54) is 0 Å². The summed E-state index contributed by atoms with van der Waals surface area (Å²) in [7, 11) is 0. The molecule has 0 saturated carbocycles. The van der Waals surface area contributed by atoms with Crippen LogP contribution >= 0.6 is 0 Å². The van der Waals surface area contributed by atoms with Gasteiger partial charge in [-0.25, -0.2) is 4.98 Å². The predicted octanol–water partition coefficient (Wildman–Crippen LogP) is 2.26. The average molecular weight is 304 g/mol. The number of nitrogens with one attached hydrogen (secondary N) is 2. The number of aromatic nitrogens is 1. The van der Waals surface area contributed by atoms with Crippen LogP contribution in [0, 0.1) is 5.92 Å². The summed E-state index contributed by atoms with van der Waals surface area (Å²) in [6, 6.07) is 1.63. The molecule has 0 aliphatic rings. The molecular weight excluding hydrogens is 285 g/mol. The fourth-order valence-electron chi connectivity index (χ4n) is 1.52. The van der Waals surface area contributed by atoms with Crippen LogP contribution in [-0.4, -0.2) is 24.0 Å². The number of nitrogens with two attached hydrogens (primary N) is 1. The molecule has 5 nitrogen and oxygen atoms in total. The van der Waals surface area contributed by atoms with Crippen LogP contribution in [0.5, 0.6) is 0 Å². The van der Waals surface area contributed by atoms with Gasteiger partial charge in [0.1, 0.15) is 11.6 Å². The summed E-state index contributed by atoms with van der Waals surface area (Å²) < 4.78 is 37.8. The molecule has 0 saturated heterocycles. The van der Waals surface area contributed by atoms with Gasteiger partial charge in [-0.1, -0.05) is 13.8 Å². The molecule has 118 valence electrons. The second kappa shape index (κ2) is 7.14. The molecule has 1 amide bonds. The summed E-state index contributed by atoms with van der Waals surface area (Å²) in [5.41, 5.74) is 4.46. The molecule has 1 heterocycles. The summed E-state index contributed by atoms with van der Waals surface area (Å²) in [6.45, 7) is 4.67. The van der Waals surface area contributed by atoms with Crippen LogP contribution < -0.4 is 16.4 Å². The van der Waals surface area contributed by atoms with E-state index in [1.54, 1.807) is 0 Å². The molecule has 4 N–H and O–H groups in total. The maximum Gasteiger partial charge on any atom is 0.416 e. The number of anilines is 2. The van der Waals surface area contributed by atoms with Gasteiger partial charge in [-0.3, -0.25) is 4.79 Å². The number of amides is 1. The van der Waals surface area contributed by atoms with Crippen molar-refractivity contribution in [3.8, 4) is 0 Å². The number of rotatable bonds is 6. The quantitative estimate of drug-likeness (QED) is 0.753. The molecule has 0 atom stereocenters. The van der Waals surface area contributed by atoms with Crippen molar-refractivity contribution in [3.63, 3.8) is 0 Å². The van der Waals surface area contributed by atoms with Crippen molar-refractivity contribution < 1.29 is 18.0 Å². The second-order valence-corrected chi connectivity index (χ2v) is 5.04. The Kier molecular flexibility index (Phi) is 5.80. The fourth-order valence-corrected chi connectivity index (χ4v) is 1.52. The van der Waals surface area contributed by atoms with E-state index >= 15 is 0 Å². The van der Waals surface area contributed by atoms with Crippen molar-refractivity contribution in [3.05, 3.63) is 17.7 Å². The van der Waals surface area contributed by atoms with Crippen LogP contribution in [0.3, 0.4) is 0 Å². The summed E-state index contributed by atoms with van der Waals surface area (Å²) >= 11 is 0. The van der Waals surface area contributed by atoms with Crippen molar-refractivity contribution in [1.82, 2.24) is 10.3 Å². The highest BCUT2D eigenvalue weighted by Gasteiger charge is 2.31. The van der Waals surface area contributed by atoms with Gasteiger partial charge in [0.2, 0.25) is 5.91 Å². The largest absolute Gasteiger partial charge is 0.416 e. The molecule has 8 heteroatoms. The van der Waals surface area contributed by atoms with Crippen LogP contribution in [0.4, 0.5) is 24.8 Å². The van der Waals surface area contributed by atoms with E-state index in [-0.39, 0.29) is 30.5 Å². The molecule has 21 heavy (non-hydrogen) atoms. The molecule has 0 bridgehead atoms. The summed E-state index contributed by atoms with van der Waals surface area (Å²) in [5.74, 6) is -0.0569. The van der Waals surface area contributed by atoms with Gasteiger partial charge in [0, 0.05) is 19.5 Å². The van der Waals surface area contributed by atoms with Crippen LogP contribution in [0.15, 0.2) is 12.1 Å². The van der Waals surface area contributed by atoms with Gasteiger partial charge in [0.15, 0.2) is 0 Å². The number of nitrogen functional groups attached to an aromatic ring is 1. The molecule has 0 aliphatic heterocycles. The topological polar surface area (TPSA) is 80.0 Å². The molecule has 0 unspecified atom stereocenters. The number of hydrogen-bond donors (Lipinski definition) is 3. The summed E-state index contributed by atoms with van der Waals surface area (Å²) in [4.78, 5) is 15.2. The lowest BCUT2D eigenvalue weighted by molar-refractivity contribution is -0.137. The Bertz CT molecular complexity index is 489. The zero-order valence-electron chi connectivity index (χ0n) is 11.9. The van der Waals surface area contributed by atoms with E-state index in [0.29, 0.717) is 12.5 Å². The van der Waals surface area contributed by atoms with Gasteiger partial charge in [0.05, 0.1) is 5.56 Å². The minimum atomic E-state index is -4.48. The van der Waals surface area contributed by atoms with Gasteiger partial charge in [0.25, 0.3) is 0 Å². The maximum absolute atomic E-state index is 12.6. The van der Waals surface area contributed by atoms with Gasteiger partial charge in [-0.05, 0) is 18.1 Å². The minimum absolute atomic E-state index is 0.000940. The van der Waals surface area contributed by atoms with Crippen molar-refractivity contribution in [1.29, 1.82) is 0 Å². The Morgan fingerprint density at radius 1 is 1.38 bits per heavy atom. The van der Waals surface area contributed by atoms with E-state index in [0.717, 1.165) is 12.1 Å². The second-order valence-electron chi connectivity index (χ2n) is 5.04. The van der Waals surface area contributed by atoms with Crippen molar-refractivity contribution in [2.24, 2.45) is 5.92 Å². The van der Waals surface area contributed by atoms with E-state index in [9.17, 15) is 18.0 Å². The first-order valence-corrected chi connectivity index (χ1v) is 6.54. The maximum atomic E-state index is 12.6. The number of carbonyl (C=O) groups excluding carboxylic acids is 1. The van der Waals surface area contributed by atoms with Crippen LogP contribution in [0.1, 0.15) is 25.8 Å². The number of hydrogen-bond acceptors (Lipinski definition) is 4. The number of pyridine rings is 1. The van der Waals surface area contributed by atoms with Crippen molar-refractivity contribution >= 4 is 17.5 Å². The molecule has 0 spiro atoms. The van der Waals surface area contributed by atoms with Crippen molar-refractivity contribution in [2.75, 3.05) is 24.1 Å². The summed E-state index contributed by atoms with van der Waals surface area (Å²) in [6.07, 6.45) is -4.34. The molecule has 1 rings (SSSR count). The Labute approximate surface area is 121 Å². The predicted molar refractivity (Wildman–Crippen MR) is 74.6 cm³/mol. The van der Waals surface area contributed by atoms with Gasteiger partial charge in [-0.15, -0.1) is 0 Å². The smallest absolute Gasteiger partial charge is 0.384 e. The first-order chi connectivity index (χ1) is 9.68. The third kappa shape index (κ3) is 6.33. The zero-order valence-corrected chi connectivity index (χ0v) is 11.9. The minimum Gasteiger partial charge on any atom is -0.384 e. The normalized spacial score (nSPS) is 11.5. The molecule has 0 fully saturated rings. The van der Waals surface area contributed by atoms with E-state index in [1.807, 2.05) is 13.8 Å². The Balaban J connectivity index is 2.52. The van der Waals surface area contributed by atoms with Gasteiger partial charge < -0.3 is 16.4 Å². The molecular formula is C13H19F3N4O. The third-order valence-electron chi connectivity index (χ3n) is 2.54. The Morgan fingerprint density at radius 3 is 2.62 bits per heavy atom. The van der Waals surface area contributed by atoms with Crippen molar-refractivity contribution in [2.45, 2.75) is 26.4 Å². The molecule has 1 aromatic rings. The highest BCUT2D eigenvalue weighted by atomic mass is 19.4. The highest BCUT2D eigenvalue weighted by molar-refractivity contribution is 5.76. The van der Waals surface area contributed by atoms with Crippen LogP contribution in [0.2, 0.25) is 0 Å². The number of alkyl halides is 3. The van der Waals surface area contributed by atoms with Gasteiger partial charge in [-0.2, -0.15) is 13.2 Å². The van der Waals surface area contributed by atoms with E-state index < -0.39 is 11.7 Å². The standard InChI is InChI=1S/C13H19F3N4O/c1-8(2)7-19-12(21)3-4-18-11-6-9(13(14,15)16)5-10(17)20-11/h5-6,8H,3-4,7H2,1-2H3,(H,19,21)(H3,17,18,20). The first-order valence-electron chi connectivity index (χ1n) is 6.54. The number of halogens is 3. The molecule has 0 radical (unpaired) electrons. The Morgan fingerprint density at radius 2 is 2.05 bits per heavy atom. The van der Waals surface area contributed by atoms with Crippen LogP contribution in [0.25, 0.3) is 0 Å². The molecule has 1 aromatic heterocycles. The monoisotopic (exact) mass is 304 g/mol. The Hall–Kier alpha value is -1.99. The zero-order chi connectivity index (χ0) is 16.0. The lowest BCUT2D eigenvalue weighted by Crippen LogP contribution is -2.28. The fraction of sp³-hybridized carbons (Fsp3) is 0.538. The highest BCUT2D eigenvalue weighted by Crippen LogP contribution is 2.31. The SMILES string of the molecule is CC(C)CNC(=O)CCNc1cc(C(F)(F)F)cc(N)n1. The lowest BCUT2D eigenvalue weighted by Gasteiger charge is -2.11. The number of nitrogens with zero attached hydrogens (tertiary/aromatic N) is 1.